The lowest BCUT2D eigenvalue weighted by Crippen LogP contribution is -2.55. The Hall–Kier alpha value is -1.74. The van der Waals surface area contributed by atoms with Gasteiger partial charge in [-0.2, -0.15) is 0 Å². The Morgan fingerprint density at radius 1 is 1.76 bits per heavy atom. The van der Waals surface area contributed by atoms with Crippen LogP contribution in [0.1, 0.15) is 0 Å². The smallest absolute Gasteiger partial charge is 0.345 e. The molecule has 8 nitrogen and oxygen atoms in total. The van der Waals surface area contributed by atoms with E-state index in [1.807, 2.05) is 0 Å². The normalized spacial score (nSPS) is 20.2. The van der Waals surface area contributed by atoms with Crippen LogP contribution in [0.15, 0.2) is 6.20 Å². The van der Waals surface area contributed by atoms with Crippen molar-refractivity contribution in [2.45, 2.75) is 6.04 Å². The number of rotatable bonds is 3. The van der Waals surface area contributed by atoms with E-state index in [0.717, 1.165) is 17.5 Å². The number of aliphatic carboxylic acids is 1. The molecule has 1 unspecified atom stereocenters. The molecule has 9 heteroatoms. The van der Waals surface area contributed by atoms with Gasteiger partial charge in [-0.15, -0.1) is 0 Å². The van der Waals surface area contributed by atoms with Crippen LogP contribution in [0.25, 0.3) is 0 Å². The number of hydrogen-bond acceptors (Lipinski definition) is 7. The lowest BCUT2D eigenvalue weighted by Gasteiger charge is -2.32. The van der Waals surface area contributed by atoms with Gasteiger partial charge in [0.15, 0.2) is 5.13 Å². The SMILES string of the molecule is O=C(O)C1CNCCN1c1ncc([N+](=O)[O-])s1. The molecule has 1 aromatic rings. The number of nitrogens with one attached hydrogen (secondary N) is 1. The molecule has 0 aromatic carbocycles. The summed E-state index contributed by atoms with van der Waals surface area (Å²) in [5, 5.41) is 22.9. The zero-order valence-electron chi connectivity index (χ0n) is 8.70. The average Bonchev–Trinajstić information content (AvgIpc) is 2.78. The van der Waals surface area contributed by atoms with Gasteiger partial charge < -0.3 is 15.3 Å². The molecule has 1 aliphatic rings. The van der Waals surface area contributed by atoms with Crippen LogP contribution in [0.3, 0.4) is 0 Å². The van der Waals surface area contributed by atoms with Gasteiger partial charge in [-0.25, -0.2) is 9.78 Å². The van der Waals surface area contributed by atoms with Gasteiger partial charge >= 0.3 is 11.0 Å². The summed E-state index contributed by atoms with van der Waals surface area (Å²) in [5.74, 6) is -0.963. The molecule has 0 spiro atoms. The van der Waals surface area contributed by atoms with Gasteiger partial charge in [-0.05, 0) is 11.3 Å². The van der Waals surface area contributed by atoms with Gasteiger partial charge in [-0.1, -0.05) is 0 Å². The third kappa shape index (κ3) is 2.34. The summed E-state index contributed by atoms with van der Waals surface area (Å²) < 4.78 is 0. The number of carboxylic acid groups (broad SMARTS) is 1. The van der Waals surface area contributed by atoms with Gasteiger partial charge in [0.2, 0.25) is 0 Å². The fraction of sp³-hybridized carbons (Fsp3) is 0.500. The van der Waals surface area contributed by atoms with E-state index in [1.54, 1.807) is 4.90 Å². The van der Waals surface area contributed by atoms with Crippen molar-refractivity contribution >= 4 is 27.4 Å². The standard InChI is InChI=1S/C8H10N4O4S/c13-7(14)5-3-9-1-2-11(5)8-10-4-6(17-8)12(15)16/h4-5,9H,1-3H2,(H,13,14). The fourth-order valence-electron chi connectivity index (χ4n) is 1.63. The van der Waals surface area contributed by atoms with E-state index in [2.05, 4.69) is 10.3 Å². The molecule has 1 aliphatic heterocycles. The zero-order valence-corrected chi connectivity index (χ0v) is 9.51. The second kappa shape index (κ2) is 4.63. The molecule has 0 bridgehead atoms. The molecule has 17 heavy (non-hydrogen) atoms. The molecule has 1 aromatic heterocycles. The van der Waals surface area contributed by atoms with Crippen molar-refractivity contribution in [3.63, 3.8) is 0 Å². The number of nitro groups is 1. The second-order valence-corrected chi connectivity index (χ2v) is 4.48. The molecule has 1 fully saturated rings. The number of carboxylic acids is 1. The number of hydrogen-bond donors (Lipinski definition) is 2. The number of piperazine rings is 1. The van der Waals surface area contributed by atoms with E-state index < -0.39 is 16.9 Å². The molecular weight excluding hydrogens is 248 g/mol. The van der Waals surface area contributed by atoms with Crippen LogP contribution in [0.4, 0.5) is 10.1 Å². The first kappa shape index (κ1) is 11.7. The number of carbonyl (C=O) groups is 1. The first-order valence-electron chi connectivity index (χ1n) is 4.90. The predicted octanol–water partition coefficient (Wildman–Crippen LogP) is -0.0859. The summed E-state index contributed by atoms with van der Waals surface area (Å²) in [6.45, 7) is 1.42. The summed E-state index contributed by atoms with van der Waals surface area (Å²) in [6, 6.07) is -0.727. The molecule has 0 amide bonds. The summed E-state index contributed by atoms with van der Waals surface area (Å²) in [7, 11) is 0. The van der Waals surface area contributed by atoms with Gasteiger partial charge in [0, 0.05) is 19.6 Å². The maximum absolute atomic E-state index is 11.0. The van der Waals surface area contributed by atoms with Crippen LogP contribution in [-0.4, -0.2) is 46.7 Å². The number of aromatic nitrogens is 1. The highest BCUT2D eigenvalue weighted by Crippen LogP contribution is 2.29. The topological polar surface area (TPSA) is 109 Å². The van der Waals surface area contributed by atoms with Crippen LogP contribution < -0.4 is 10.2 Å². The van der Waals surface area contributed by atoms with Crippen molar-refractivity contribution in [1.82, 2.24) is 10.3 Å². The molecule has 2 N–H and O–H groups in total. The molecule has 1 saturated heterocycles. The van der Waals surface area contributed by atoms with Crippen LogP contribution in [0.2, 0.25) is 0 Å². The molecule has 0 radical (unpaired) electrons. The van der Waals surface area contributed by atoms with Gasteiger partial charge in [0.25, 0.3) is 0 Å². The minimum atomic E-state index is -0.963. The van der Waals surface area contributed by atoms with Crippen LogP contribution >= 0.6 is 11.3 Å². The van der Waals surface area contributed by atoms with Crippen molar-refractivity contribution in [3.05, 3.63) is 16.3 Å². The van der Waals surface area contributed by atoms with Gasteiger partial charge in [-0.3, -0.25) is 10.1 Å². The summed E-state index contributed by atoms with van der Waals surface area (Å²) in [4.78, 5) is 26.5. The highest BCUT2D eigenvalue weighted by molar-refractivity contribution is 7.18. The minimum absolute atomic E-state index is 0.0809. The summed E-state index contributed by atoms with van der Waals surface area (Å²) in [5.41, 5.74) is 0. The van der Waals surface area contributed by atoms with Crippen LogP contribution in [0.5, 0.6) is 0 Å². The Bertz CT molecular complexity index is 448. The second-order valence-electron chi connectivity index (χ2n) is 3.49. The zero-order chi connectivity index (χ0) is 12.4. The Balaban J connectivity index is 2.23. The first-order valence-corrected chi connectivity index (χ1v) is 5.71. The van der Waals surface area contributed by atoms with E-state index in [1.165, 1.54) is 0 Å². The van der Waals surface area contributed by atoms with E-state index in [4.69, 9.17) is 5.11 Å². The van der Waals surface area contributed by atoms with Crippen molar-refractivity contribution in [3.8, 4) is 0 Å². The third-order valence-electron chi connectivity index (χ3n) is 2.44. The third-order valence-corrected chi connectivity index (χ3v) is 3.42. The molecule has 1 atom stereocenters. The summed E-state index contributed by atoms with van der Waals surface area (Å²) in [6.07, 6.45) is 1.15. The summed E-state index contributed by atoms with van der Waals surface area (Å²) >= 11 is 0.893. The highest BCUT2D eigenvalue weighted by atomic mass is 32.1. The number of anilines is 1. The minimum Gasteiger partial charge on any atom is -0.480 e. The number of nitrogens with zero attached hydrogens (tertiary/aromatic N) is 3. The van der Waals surface area contributed by atoms with Crippen LogP contribution in [-0.2, 0) is 4.79 Å². The average molecular weight is 258 g/mol. The Labute approximate surface area is 100 Å². The molecule has 0 saturated carbocycles. The van der Waals surface area contributed by atoms with E-state index in [-0.39, 0.29) is 5.00 Å². The molecule has 0 aliphatic carbocycles. The Morgan fingerprint density at radius 3 is 3.12 bits per heavy atom. The van der Waals surface area contributed by atoms with E-state index in [9.17, 15) is 14.9 Å². The largest absolute Gasteiger partial charge is 0.480 e. The van der Waals surface area contributed by atoms with E-state index >= 15 is 0 Å². The Kier molecular flexibility index (Phi) is 3.20. The number of thiazole rings is 1. The van der Waals surface area contributed by atoms with Gasteiger partial charge in [0.05, 0.1) is 4.92 Å². The van der Waals surface area contributed by atoms with Crippen LogP contribution in [0, 0.1) is 10.1 Å². The van der Waals surface area contributed by atoms with E-state index in [0.29, 0.717) is 24.8 Å². The maximum Gasteiger partial charge on any atom is 0.345 e. The maximum atomic E-state index is 11.0. The van der Waals surface area contributed by atoms with Crippen molar-refractivity contribution in [2.24, 2.45) is 0 Å². The fourth-order valence-corrected chi connectivity index (χ4v) is 2.44. The van der Waals surface area contributed by atoms with Crippen molar-refractivity contribution in [2.75, 3.05) is 24.5 Å². The monoisotopic (exact) mass is 258 g/mol. The van der Waals surface area contributed by atoms with Gasteiger partial charge in [0.1, 0.15) is 12.2 Å². The van der Waals surface area contributed by atoms with Crippen molar-refractivity contribution < 1.29 is 14.8 Å². The predicted molar refractivity (Wildman–Crippen MR) is 60.4 cm³/mol. The Morgan fingerprint density at radius 2 is 2.53 bits per heavy atom. The molecular formula is C8H10N4O4S. The van der Waals surface area contributed by atoms with Crippen molar-refractivity contribution in [1.29, 1.82) is 0 Å². The molecule has 92 valence electrons. The first-order chi connectivity index (χ1) is 8.09. The lowest BCUT2D eigenvalue weighted by molar-refractivity contribution is -0.380. The molecule has 2 heterocycles. The lowest BCUT2D eigenvalue weighted by atomic mass is 10.2. The molecule has 2 rings (SSSR count). The quantitative estimate of drug-likeness (QED) is 0.576. The highest BCUT2D eigenvalue weighted by Gasteiger charge is 2.31.